The summed E-state index contributed by atoms with van der Waals surface area (Å²) in [6.07, 6.45) is 3.16. The maximum absolute atomic E-state index is 11.0. The van der Waals surface area contributed by atoms with Gasteiger partial charge in [0.15, 0.2) is 0 Å². The van der Waals surface area contributed by atoms with Gasteiger partial charge in [-0.2, -0.15) is 0 Å². The van der Waals surface area contributed by atoms with Crippen LogP contribution in [0.1, 0.15) is 28.7 Å². The van der Waals surface area contributed by atoms with E-state index in [-0.39, 0.29) is 5.56 Å². The van der Waals surface area contributed by atoms with Crippen molar-refractivity contribution in [2.45, 2.75) is 20.0 Å². The fourth-order valence-corrected chi connectivity index (χ4v) is 1.86. The van der Waals surface area contributed by atoms with E-state index in [9.17, 15) is 4.79 Å². The molecule has 0 atom stereocenters. The van der Waals surface area contributed by atoms with Crippen LogP contribution < -0.4 is 0 Å². The predicted octanol–water partition coefficient (Wildman–Crippen LogP) is 2.39. The molecule has 0 saturated carbocycles. The largest absolute Gasteiger partial charge is 0.478 e. The molecule has 0 saturated heterocycles. The van der Waals surface area contributed by atoms with E-state index in [0.717, 1.165) is 12.2 Å². The van der Waals surface area contributed by atoms with Crippen LogP contribution in [0.3, 0.4) is 0 Å². The summed E-state index contributed by atoms with van der Waals surface area (Å²) in [5.74, 6) is -0.483. The van der Waals surface area contributed by atoms with Crippen molar-refractivity contribution in [2.24, 2.45) is 0 Å². The van der Waals surface area contributed by atoms with Gasteiger partial charge in [-0.3, -0.25) is 9.88 Å². The predicted molar refractivity (Wildman–Crippen MR) is 69.7 cm³/mol. The Hall–Kier alpha value is -2.14. The Bertz CT molecular complexity index is 537. The van der Waals surface area contributed by atoms with E-state index in [1.54, 1.807) is 6.20 Å². The van der Waals surface area contributed by atoms with Gasteiger partial charge in [-0.05, 0) is 24.7 Å². The van der Waals surface area contributed by atoms with Gasteiger partial charge in [0.05, 0.1) is 18.5 Å². The minimum atomic E-state index is -0.961. The zero-order valence-corrected chi connectivity index (χ0v) is 10.7. The lowest BCUT2D eigenvalue weighted by Gasteiger charge is -2.18. The minimum absolute atomic E-state index is 0.222. The molecule has 0 radical (unpaired) electrons. The Morgan fingerprint density at radius 3 is 2.84 bits per heavy atom. The highest BCUT2D eigenvalue weighted by Gasteiger charge is 2.16. The number of nitrogens with zero attached hydrogens (tertiary/aromatic N) is 2. The molecule has 19 heavy (non-hydrogen) atoms. The van der Waals surface area contributed by atoms with Crippen LogP contribution in [0.5, 0.6) is 0 Å². The van der Waals surface area contributed by atoms with E-state index in [4.69, 9.17) is 9.52 Å². The van der Waals surface area contributed by atoms with Crippen molar-refractivity contribution in [2.75, 3.05) is 6.54 Å². The number of furan rings is 1. The number of hydrogen-bond donors (Lipinski definition) is 1. The van der Waals surface area contributed by atoms with Crippen molar-refractivity contribution in [3.8, 4) is 0 Å². The summed E-state index contributed by atoms with van der Waals surface area (Å²) in [5.41, 5.74) is 1.17. The molecule has 2 aromatic heterocycles. The lowest BCUT2D eigenvalue weighted by Crippen LogP contribution is -2.23. The SMILES string of the molecule is CCN(Cc1ccccn1)Cc1occc1C(=O)O. The molecular weight excluding hydrogens is 244 g/mol. The molecule has 0 aliphatic heterocycles. The zero-order valence-electron chi connectivity index (χ0n) is 10.7. The van der Waals surface area contributed by atoms with E-state index in [2.05, 4.69) is 9.88 Å². The first-order chi connectivity index (χ1) is 9.20. The Balaban J connectivity index is 2.07. The number of carbonyl (C=O) groups is 1. The monoisotopic (exact) mass is 260 g/mol. The highest BCUT2D eigenvalue weighted by atomic mass is 16.4. The van der Waals surface area contributed by atoms with Crippen LogP contribution in [-0.4, -0.2) is 27.5 Å². The van der Waals surface area contributed by atoms with Gasteiger partial charge in [0.1, 0.15) is 11.3 Å². The maximum Gasteiger partial charge on any atom is 0.339 e. The van der Waals surface area contributed by atoms with E-state index in [1.807, 2.05) is 25.1 Å². The normalized spacial score (nSPS) is 10.8. The van der Waals surface area contributed by atoms with Crippen molar-refractivity contribution >= 4 is 5.97 Å². The number of rotatable bonds is 6. The number of pyridine rings is 1. The van der Waals surface area contributed by atoms with Gasteiger partial charge in [-0.25, -0.2) is 4.79 Å². The van der Waals surface area contributed by atoms with Crippen LogP contribution in [0.2, 0.25) is 0 Å². The average Bonchev–Trinajstić information content (AvgIpc) is 2.87. The van der Waals surface area contributed by atoms with E-state index in [1.165, 1.54) is 12.3 Å². The molecule has 0 aromatic carbocycles. The van der Waals surface area contributed by atoms with Crippen LogP contribution in [-0.2, 0) is 13.1 Å². The summed E-state index contributed by atoms with van der Waals surface area (Å²) >= 11 is 0. The summed E-state index contributed by atoms with van der Waals surface area (Å²) in [6, 6.07) is 7.23. The van der Waals surface area contributed by atoms with Gasteiger partial charge in [-0.1, -0.05) is 13.0 Å². The van der Waals surface area contributed by atoms with Crippen LogP contribution in [0.15, 0.2) is 41.1 Å². The fraction of sp³-hybridized carbons (Fsp3) is 0.286. The molecule has 0 bridgehead atoms. The average molecular weight is 260 g/mol. The van der Waals surface area contributed by atoms with Crippen LogP contribution in [0.4, 0.5) is 0 Å². The molecule has 100 valence electrons. The zero-order chi connectivity index (χ0) is 13.7. The van der Waals surface area contributed by atoms with Crippen molar-refractivity contribution < 1.29 is 14.3 Å². The van der Waals surface area contributed by atoms with Gasteiger partial charge in [0.25, 0.3) is 0 Å². The van der Waals surface area contributed by atoms with Crippen molar-refractivity contribution in [1.29, 1.82) is 0 Å². The standard InChI is InChI=1S/C14H16N2O3/c1-2-16(9-11-5-3-4-7-15-11)10-13-12(14(17)18)6-8-19-13/h3-8H,2,9-10H2,1H3,(H,17,18). The highest BCUT2D eigenvalue weighted by Crippen LogP contribution is 2.14. The molecule has 0 unspecified atom stereocenters. The quantitative estimate of drug-likeness (QED) is 0.863. The first-order valence-corrected chi connectivity index (χ1v) is 6.12. The second-order valence-electron chi connectivity index (χ2n) is 4.19. The second-order valence-corrected chi connectivity index (χ2v) is 4.19. The topological polar surface area (TPSA) is 66.6 Å². The number of hydrogen-bond acceptors (Lipinski definition) is 4. The van der Waals surface area contributed by atoms with Gasteiger partial charge < -0.3 is 9.52 Å². The van der Waals surface area contributed by atoms with Gasteiger partial charge >= 0.3 is 5.97 Å². The van der Waals surface area contributed by atoms with Crippen LogP contribution in [0, 0.1) is 0 Å². The lowest BCUT2D eigenvalue weighted by atomic mass is 10.2. The molecule has 1 N–H and O–H groups in total. The van der Waals surface area contributed by atoms with Gasteiger partial charge in [0, 0.05) is 12.7 Å². The Labute approximate surface area is 111 Å². The summed E-state index contributed by atoms with van der Waals surface area (Å²) in [6.45, 7) is 3.93. The third kappa shape index (κ3) is 3.42. The Kier molecular flexibility index (Phi) is 4.30. The van der Waals surface area contributed by atoms with Crippen LogP contribution >= 0.6 is 0 Å². The Morgan fingerprint density at radius 2 is 2.21 bits per heavy atom. The van der Waals surface area contributed by atoms with Gasteiger partial charge in [-0.15, -0.1) is 0 Å². The molecule has 5 nitrogen and oxygen atoms in total. The second kappa shape index (κ2) is 6.15. The Morgan fingerprint density at radius 1 is 1.37 bits per heavy atom. The molecule has 0 aliphatic carbocycles. The number of carboxylic acids is 1. The molecule has 0 spiro atoms. The van der Waals surface area contributed by atoms with Gasteiger partial charge in [0.2, 0.25) is 0 Å². The van der Waals surface area contributed by atoms with Crippen LogP contribution in [0.25, 0.3) is 0 Å². The van der Waals surface area contributed by atoms with E-state index in [0.29, 0.717) is 18.8 Å². The summed E-state index contributed by atoms with van der Waals surface area (Å²) in [5, 5.41) is 9.04. The first-order valence-electron chi connectivity index (χ1n) is 6.12. The van der Waals surface area contributed by atoms with Crippen molar-refractivity contribution in [3.05, 3.63) is 53.7 Å². The van der Waals surface area contributed by atoms with Crippen molar-refractivity contribution in [3.63, 3.8) is 0 Å². The molecule has 2 aromatic rings. The summed E-state index contributed by atoms with van der Waals surface area (Å²) in [4.78, 5) is 17.4. The third-order valence-electron chi connectivity index (χ3n) is 2.90. The number of carboxylic acid groups (broad SMARTS) is 1. The molecule has 0 aliphatic rings. The smallest absolute Gasteiger partial charge is 0.339 e. The number of aromatic carboxylic acids is 1. The summed E-state index contributed by atoms with van der Waals surface area (Å²) < 4.78 is 5.25. The lowest BCUT2D eigenvalue weighted by molar-refractivity contribution is 0.0692. The molecular formula is C14H16N2O3. The molecule has 2 rings (SSSR count). The molecule has 5 heteroatoms. The van der Waals surface area contributed by atoms with Crippen molar-refractivity contribution in [1.82, 2.24) is 9.88 Å². The molecule has 0 amide bonds. The maximum atomic E-state index is 11.0. The third-order valence-corrected chi connectivity index (χ3v) is 2.90. The van der Waals surface area contributed by atoms with E-state index < -0.39 is 5.97 Å². The minimum Gasteiger partial charge on any atom is -0.478 e. The molecule has 2 heterocycles. The summed E-state index contributed by atoms with van der Waals surface area (Å²) in [7, 11) is 0. The fourth-order valence-electron chi connectivity index (χ4n) is 1.86. The number of aromatic nitrogens is 1. The van der Waals surface area contributed by atoms with E-state index >= 15 is 0 Å². The molecule has 0 fully saturated rings. The highest BCUT2D eigenvalue weighted by molar-refractivity contribution is 5.88. The first kappa shape index (κ1) is 13.3.